The number of anilines is 2. The average Bonchev–Trinajstić information content (AvgIpc) is 3.40. The van der Waals surface area contributed by atoms with Gasteiger partial charge < -0.3 is 15.0 Å². The van der Waals surface area contributed by atoms with Crippen molar-refractivity contribution < 1.29 is 9.53 Å². The number of benzene rings is 2. The lowest BCUT2D eigenvalue weighted by molar-refractivity contribution is 0.0303. The van der Waals surface area contributed by atoms with E-state index in [1.54, 1.807) is 16.9 Å². The van der Waals surface area contributed by atoms with Gasteiger partial charge in [0.05, 0.1) is 25.1 Å². The number of aryl methyl sites for hydroxylation is 1. The van der Waals surface area contributed by atoms with Crippen molar-refractivity contribution in [3.63, 3.8) is 0 Å². The number of imidazole rings is 1. The van der Waals surface area contributed by atoms with E-state index >= 15 is 0 Å². The lowest BCUT2D eigenvalue weighted by Gasteiger charge is -2.26. The van der Waals surface area contributed by atoms with Gasteiger partial charge in [0.25, 0.3) is 5.91 Å². The number of rotatable bonds is 4. The molecule has 2 aromatic carbocycles. The molecule has 5 aromatic rings. The topological polar surface area (TPSA) is 84.7 Å². The Hall–Kier alpha value is -5.00. The van der Waals surface area contributed by atoms with Gasteiger partial charge in [0.15, 0.2) is 5.65 Å². The van der Waals surface area contributed by atoms with Crippen LogP contribution in [0.25, 0.3) is 16.9 Å². The van der Waals surface area contributed by atoms with Crippen LogP contribution >= 0.6 is 0 Å². The molecule has 8 nitrogen and oxygen atoms in total. The number of nitrogens with zero attached hydrogens (tertiary/aromatic N) is 5. The minimum atomic E-state index is 0.0220. The van der Waals surface area contributed by atoms with Crippen molar-refractivity contribution in [3.8, 4) is 23.1 Å². The highest BCUT2D eigenvalue weighted by Crippen LogP contribution is 2.21. The summed E-state index contributed by atoms with van der Waals surface area (Å²) in [4.78, 5) is 23.5. The zero-order chi connectivity index (χ0) is 26.6. The number of morpholine rings is 1. The Labute approximate surface area is 226 Å². The van der Waals surface area contributed by atoms with Crippen molar-refractivity contribution in [2.24, 2.45) is 0 Å². The predicted octanol–water partition coefficient (Wildman–Crippen LogP) is 4.72. The molecule has 39 heavy (non-hydrogen) atoms. The van der Waals surface area contributed by atoms with Crippen molar-refractivity contribution in [2.75, 3.05) is 31.6 Å². The van der Waals surface area contributed by atoms with Gasteiger partial charge in [-0.25, -0.2) is 14.5 Å². The lowest BCUT2D eigenvalue weighted by Crippen LogP contribution is -2.40. The first-order valence-corrected chi connectivity index (χ1v) is 12.8. The first-order valence-electron chi connectivity index (χ1n) is 12.8. The fourth-order valence-corrected chi connectivity index (χ4v) is 4.41. The number of hydrogen-bond donors (Lipinski definition) is 1. The molecule has 1 fully saturated rings. The zero-order valence-corrected chi connectivity index (χ0v) is 21.5. The second-order valence-corrected chi connectivity index (χ2v) is 9.23. The van der Waals surface area contributed by atoms with E-state index in [9.17, 15) is 4.79 Å². The summed E-state index contributed by atoms with van der Waals surface area (Å²) in [6, 6.07) is 23.2. The Balaban J connectivity index is 1.22. The van der Waals surface area contributed by atoms with E-state index in [1.165, 1.54) is 0 Å². The van der Waals surface area contributed by atoms with E-state index < -0.39 is 0 Å². The third-order valence-electron chi connectivity index (χ3n) is 6.59. The summed E-state index contributed by atoms with van der Waals surface area (Å²) >= 11 is 0. The quantitative estimate of drug-likeness (QED) is 0.350. The summed E-state index contributed by atoms with van der Waals surface area (Å²) in [6.45, 7) is 4.45. The van der Waals surface area contributed by atoms with Crippen molar-refractivity contribution >= 4 is 23.1 Å². The number of pyridine rings is 1. The average molecular weight is 515 g/mol. The van der Waals surface area contributed by atoms with Crippen molar-refractivity contribution in [1.82, 2.24) is 24.5 Å². The molecule has 0 saturated carbocycles. The van der Waals surface area contributed by atoms with Gasteiger partial charge in [0.1, 0.15) is 11.5 Å². The monoisotopic (exact) mass is 514 g/mol. The second-order valence-electron chi connectivity index (χ2n) is 9.23. The fraction of sp³-hybridized carbons (Fsp3) is 0.161. The zero-order valence-electron chi connectivity index (χ0n) is 21.5. The van der Waals surface area contributed by atoms with E-state index in [0.29, 0.717) is 43.2 Å². The number of carbonyl (C=O) groups is 1. The van der Waals surface area contributed by atoms with Gasteiger partial charge in [-0.3, -0.25) is 4.79 Å². The minimum Gasteiger partial charge on any atom is -0.378 e. The summed E-state index contributed by atoms with van der Waals surface area (Å²) in [7, 11) is 0. The summed E-state index contributed by atoms with van der Waals surface area (Å²) in [6.07, 6.45) is 3.46. The third-order valence-corrected chi connectivity index (χ3v) is 6.59. The normalized spacial score (nSPS) is 13.1. The molecule has 1 saturated heterocycles. The number of para-hydroxylation sites is 1. The van der Waals surface area contributed by atoms with Crippen LogP contribution in [0.3, 0.4) is 0 Å². The second kappa shape index (κ2) is 10.8. The highest BCUT2D eigenvalue weighted by molar-refractivity contribution is 5.94. The van der Waals surface area contributed by atoms with Crippen LogP contribution in [0.2, 0.25) is 0 Å². The largest absolute Gasteiger partial charge is 0.378 e. The Bertz CT molecular complexity index is 1710. The van der Waals surface area contributed by atoms with Gasteiger partial charge in [-0.05, 0) is 60.9 Å². The number of fused-ring (bicyclic) bond motifs is 1. The summed E-state index contributed by atoms with van der Waals surface area (Å²) in [5, 5.41) is 8.13. The molecular weight excluding hydrogens is 488 g/mol. The molecule has 0 aliphatic carbocycles. The maximum atomic E-state index is 12.8. The van der Waals surface area contributed by atoms with Crippen LogP contribution in [0.5, 0.6) is 0 Å². The van der Waals surface area contributed by atoms with E-state index in [2.05, 4.69) is 40.1 Å². The van der Waals surface area contributed by atoms with Gasteiger partial charge in [-0.2, -0.15) is 5.10 Å². The number of ether oxygens (including phenoxy) is 1. The van der Waals surface area contributed by atoms with Crippen molar-refractivity contribution in [1.29, 1.82) is 0 Å². The molecule has 0 atom stereocenters. The van der Waals surface area contributed by atoms with Crippen LogP contribution in [0.1, 0.15) is 27.2 Å². The number of carbonyl (C=O) groups excluding carboxylic acids is 1. The van der Waals surface area contributed by atoms with Gasteiger partial charge in [0, 0.05) is 41.7 Å². The van der Waals surface area contributed by atoms with E-state index in [4.69, 9.17) is 9.84 Å². The molecular formula is C31H26N6O2. The minimum absolute atomic E-state index is 0.0220. The lowest BCUT2D eigenvalue weighted by atomic mass is 10.1. The van der Waals surface area contributed by atoms with E-state index in [0.717, 1.165) is 33.9 Å². The molecule has 8 heteroatoms. The molecule has 192 valence electrons. The molecule has 0 unspecified atom stereocenters. The summed E-state index contributed by atoms with van der Waals surface area (Å²) in [5.41, 5.74) is 6.69. The number of hydrogen-bond acceptors (Lipinski definition) is 6. The third kappa shape index (κ3) is 5.35. The van der Waals surface area contributed by atoms with Gasteiger partial charge in [-0.1, -0.05) is 36.3 Å². The molecule has 3 aromatic heterocycles. The van der Waals surface area contributed by atoms with Crippen LogP contribution in [-0.4, -0.2) is 56.7 Å². The molecule has 1 N–H and O–H groups in total. The maximum Gasteiger partial charge on any atom is 0.254 e. The standard InChI is InChI=1S/C31H26N6O2/c1-22-4-2-3-5-27(22)34-29-20-23(14-15-32-29)6-11-26-21-33-30-13-12-28(35-37(26)30)24-7-9-25(10-8-24)31(38)36-16-18-39-19-17-36/h2-5,7-10,12-15,20-21H,16-19H2,1H3,(H,32,34). The number of amides is 1. The molecule has 1 amide bonds. The van der Waals surface area contributed by atoms with Gasteiger partial charge in [0.2, 0.25) is 0 Å². The first kappa shape index (κ1) is 24.3. The summed E-state index contributed by atoms with van der Waals surface area (Å²) < 4.78 is 7.09. The van der Waals surface area contributed by atoms with Crippen molar-refractivity contribution in [3.05, 3.63) is 108 Å². The highest BCUT2D eigenvalue weighted by Gasteiger charge is 2.18. The summed E-state index contributed by atoms with van der Waals surface area (Å²) in [5.74, 6) is 7.16. The molecule has 6 rings (SSSR count). The number of aromatic nitrogens is 4. The molecule has 0 bridgehead atoms. The van der Waals surface area contributed by atoms with Gasteiger partial charge >= 0.3 is 0 Å². The Morgan fingerprint density at radius 2 is 1.77 bits per heavy atom. The SMILES string of the molecule is Cc1ccccc1Nc1cc(C#Cc2cnc3ccc(-c4ccc(C(=O)N5CCOCC5)cc4)nn23)ccn1. The Morgan fingerprint density at radius 3 is 2.59 bits per heavy atom. The smallest absolute Gasteiger partial charge is 0.254 e. The molecule has 1 aliphatic rings. The predicted molar refractivity (Wildman–Crippen MR) is 150 cm³/mol. The Kier molecular flexibility index (Phi) is 6.73. The van der Waals surface area contributed by atoms with E-state index in [1.807, 2.05) is 71.6 Å². The van der Waals surface area contributed by atoms with Crippen molar-refractivity contribution in [2.45, 2.75) is 6.92 Å². The molecule has 4 heterocycles. The van der Waals surface area contributed by atoms with Crippen LogP contribution < -0.4 is 5.32 Å². The fourth-order valence-electron chi connectivity index (χ4n) is 4.41. The molecule has 1 aliphatic heterocycles. The van der Waals surface area contributed by atoms with Crippen LogP contribution in [0, 0.1) is 18.8 Å². The maximum absolute atomic E-state index is 12.8. The van der Waals surface area contributed by atoms with Crippen LogP contribution in [0.15, 0.2) is 85.2 Å². The molecule has 0 radical (unpaired) electrons. The highest BCUT2D eigenvalue weighted by atomic mass is 16.5. The first-order chi connectivity index (χ1) is 19.1. The van der Waals surface area contributed by atoms with Gasteiger partial charge in [-0.15, -0.1) is 0 Å². The van der Waals surface area contributed by atoms with Crippen LogP contribution in [-0.2, 0) is 4.74 Å². The molecule has 0 spiro atoms. The van der Waals surface area contributed by atoms with Crippen LogP contribution in [0.4, 0.5) is 11.5 Å². The van der Waals surface area contributed by atoms with E-state index in [-0.39, 0.29) is 5.91 Å². The number of nitrogens with one attached hydrogen (secondary N) is 1. The Morgan fingerprint density at radius 1 is 0.949 bits per heavy atom.